The summed E-state index contributed by atoms with van der Waals surface area (Å²) >= 11 is 0. The highest BCUT2D eigenvalue weighted by molar-refractivity contribution is 4.97. The van der Waals surface area contributed by atoms with Crippen LogP contribution in [-0.4, -0.2) is 30.3 Å². The second kappa shape index (κ2) is 5.41. The van der Waals surface area contributed by atoms with Gasteiger partial charge in [-0.05, 0) is 31.8 Å². The van der Waals surface area contributed by atoms with Crippen LogP contribution in [0, 0.1) is 5.92 Å². The molecule has 0 radical (unpaired) electrons. The van der Waals surface area contributed by atoms with Crippen molar-refractivity contribution in [3.63, 3.8) is 0 Å². The predicted molar refractivity (Wildman–Crippen MR) is 49.3 cm³/mol. The van der Waals surface area contributed by atoms with Gasteiger partial charge in [-0.1, -0.05) is 6.08 Å². The minimum Gasteiger partial charge on any atom is -0.365 e. The molecule has 1 fully saturated rings. The SMILES string of the molecule is CCOC(O)/C=C\C1C[C@@H](F)[C@@H](F)C1. The van der Waals surface area contributed by atoms with Crippen LogP contribution >= 0.6 is 0 Å². The van der Waals surface area contributed by atoms with E-state index in [-0.39, 0.29) is 18.8 Å². The van der Waals surface area contributed by atoms with Crippen LogP contribution in [0.25, 0.3) is 0 Å². The second-order valence-electron chi connectivity index (χ2n) is 3.49. The number of allylic oxidation sites excluding steroid dienone is 1. The van der Waals surface area contributed by atoms with E-state index in [9.17, 15) is 8.78 Å². The molecule has 2 unspecified atom stereocenters. The van der Waals surface area contributed by atoms with E-state index in [1.165, 1.54) is 6.08 Å². The van der Waals surface area contributed by atoms with Crippen molar-refractivity contribution in [1.82, 2.24) is 0 Å². The number of aliphatic hydroxyl groups excluding tert-OH is 1. The highest BCUT2D eigenvalue weighted by atomic mass is 19.2. The minimum atomic E-state index is -1.35. The molecule has 14 heavy (non-hydrogen) atoms. The molecule has 0 amide bonds. The largest absolute Gasteiger partial charge is 0.365 e. The molecule has 0 bridgehead atoms. The third-order valence-electron chi connectivity index (χ3n) is 2.33. The van der Waals surface area contributed by atoms with Gasteiger partial charge in [-0.15, -0.1) is 0 Å². The number of halogens is 2. The fourth-order valence-corrected chi connectivity index (χ4v) is 1.61. The maximum Gasteiger partial charge on any atom is 0.174 e. The summed E-state index contributed by atoms with van der Waals surface area (Å²) < 4.78 is 30.3. The highest BCUT2D eigenvalue weighted by Crippen LogP contribution is 2.31. The highest BCUT2D eigenvalue weighted by Gasteiger charge is 2.32. The van der Waals surface area contributed by atoms with Crippen LogP contribution in [0.4, 0.5) is 8.78 Å². The second-order valence-corrected chi connectivity index (χ2v) is 3.49. The van der Waals surface area contributed by atoms with E-state index in [1.807, 2.05) is 0 Å². The Labute approximate surface area is 82.6 Å². The molecule has 2 nitrogen and oxygen atoms in total. The standard InChI is InChI=1S/C10H16F2O2/c1-2-14-10(13)4-3-7-5-8(11)9(12)6-7/h3-4,7-10,13H,2,5-6H2,1H3/b4-3-/t7?,8-,9+,10?. The van der Waals surface area contributed by atoms with Gasteiger partial charge < -0.3 is 9.84 Å². The third kappa shape index (κ3) is 3.35. The van der Waals surface area contributed by atoms with Gasteiger partial charge in [-0.2, -0.15) is 0 Å². The number of hydrogen-bond donors (Lipinski definition) is 1. The monoisotopic (exact) mass is 206 g/mol. The summed E-state index contributed by atoms with van der Waals surface area (Å²) in [6, 6.07) is 0. The van der Waals surface area contributed by atoms with E-state index in [0.29, 0.717) is 6.61 Å². The first-order chi connectivity index (χ1) is 6.63. The summed E-state index contributed by atoms with van der Waals surface area (Å²) in [5.41, 5.74) is 0. The lowest BCUT2D eigenvalue weighted by Gasteiger charge is -2.06. The zero-order valence-corrected chi connectivity index (χ0v) is 8.20. The first kappa shape index (κ1) is 11.6. The molecule has 1 aliphatic carbocycles. The Balaban J connectivity index is 2.31. The molecular formula is C10H16F2O2. The van der Waals surface area contributed by atoms with Crippen LogP contribution < -0.4 is 0 Å². The fourth-order valence-electron chi connectivity index (χ4n) is 1.61. The molecule has 1 N–H and O–H groups in total. The molecule has 1 aliphatic rings. The number of rotatable bonds is 4. The fraction of sp³-hybridized carbons (Fsp3) is 0.800. The maximum atomic E-state index is 12.7. The smallest absolute Gasteiger partial charge is 0.174 e. The zero-order valence-electron chi connectivity index (χ0n) is 8.20. The summed E-state index contributed by atoms with van der Waals surface area (Å²) in [4.78, 5) is 0. The summed E-state index contributed by atoms with van der Waals surface area (Å²) in [5, 5.41) is 9.14. The Hall–Kier alpha value is -0.480. The van der Waals surface area contributed by atoms with Gasteiger partial charge in [0.2, 0.25) is 0 Å². The maximum absolute atomic E-state index is 12.7. The lowest BCUT2D eigenvalue weighted by molar-refractivity contribution is -0.0590. The summed E-state index contributed by atoms with van der Waals surface area (Å²) in [6.45, 7) is 2.18. The number of alkyl halides is 2. The Morgan fingerprint density at radius 2 is 2.00 bits per heavy atom. The summed E-state index contributed by atoms with van der Waals surface area (Å²) in [5.74, 6) is -0.116. The summed E-state index contributed by atoms with van der Waals surface area (Å²) in [7, 11) is 0. The van der Waals surface area contributed by atoms with Crippen molar-refractivity contribution >= 4 is 0 Å². The van der Waals surface area contributed by atoms with Gasteiger partial charge >= 0.3 is 0 Å². The number of aliphatic hydroxyl groups is 1. The van der Waals surface area contributed by atoms with Gasteiger partial charge in [0.1, 0.15) is 12.3 Å². The molecular weight excluding hydrogens is 190 g/mol. The Kier molecular flexibility index (Phi) is 4.48. The van der Waals surface area contributed by atoms with Crippen molar-refractivity contribution in [2.75, 3.05) is 6.61 Å². The Morgan fingerprint density at radius 3 is 2.50 bits per heavy atom. The third-order valence-corrected chi connectivity index (χ3v) is 2.33. The predicted octanol–water partition coefficient (Wildman–Crippen LogP) is 1.98. The van der Waals surface area contributed by atoms with Crippen LogP contribution in [0.15, 0.2) is 12.2 Å². The number of ether oxygens (including phenoxy) is 1. The molecule has 0 aliphatic heterocycles. The lowest BCUT2D eigenvalue weighted by atomic mass is 10.1. The van der Waals surface area contributed by atoms with Gasteiger partial charge in [0.05, 0.1) is 0 Å². The molecule has 0 aromatic heterocycles. The molecule has 0 aromatic rings. The van der Waals surface area contributed by atoms with E-state index in [2.05, 4.69) is 0 Å². The van der Waals surface area contributed by atoms with Crippen molar-refractivity contribution in [3.8, 4) is 0 Å². The van der Waals surface area contributed by atoms with Crippen molar-refractivity contribution in [2.24, 2.45) is 5.92 Å². The average Bonchev–Trinajstić information content (AvgIpc) is 2.44. The zero-order chi connectivity index (χ0) is 10.6. The van der Waals surface area contributed by atoms with E-state index < -0.39 is 18.6 Å². The topological polar surface area (TPSA) is 29.5 Å². The molecule has 0 aromatic carbocycles. The molecule has 0 heterocycles. The van der Waals surface area contributed by atoms with Crippen LogP contribution in [0.2, 0.25) is 0 Å². The first-order valence-corrected chi connectivity index (χ1v) is 4.89. The van der Waals surface area contributed by atoms with Gasteiger partial charge in [0.25, 0.3) is 0 Å². The van der Waals surface area contributed by atoms with Crippen LogP contribution in [0.3, 0.4) is 0 Å². The van der Waals surface area contributed by atoms with E-state index in [1.54, 1.807) is 13.0 Å². The van der Waals surface area contributed by atoms with E-state index in [4.69, 9.17) is 9.84 Å². The Bertz CT molecular complexity index is 187. The molecule has 82 valence electrons. The van der Waals surface area contributed by atoms with Gasteiger partial charge in [-0.25, -0.2) is 8.78 Å². The lowest BCUT2D eigenvalue weighted by Crippen LogP contribution is -2.08. The molecule has 0 saturated heterocycles. The van der Waals surface area contributed by atoms with Gasteiger partial charge in [0.15, 0.2) is 6.29 Å². The van der Waals surface area contributed by atoms with E-state index >= 15 is 0 Å². The number of hydrogen-bond acceptors (Lipinski definition) is 2. The quantitative estimate of drug-likeness (QED) is 0.563. The molecule has 4 heteroatoms. The van der Waals surface area contributed by atoms with Crippen molar-refractivity contribution in [1.29, 1.82) is 0 Å². The first-order valence-electron chi connectivity index (χ1n) is 4.89. The van der Waals surface area contributed by atoms with Crippen molar-refractivity contribution in [2.45, 2.75) is 38.4 Å². The average molecular weight is 206 g/mol. The van der Waals surface area contributed by atoms with Gasteiger partial charge in [-0.3, -0.25) is 0 Å². The van der Waals surface area contributed by atoms with Gasteiger partial charge in [0, 0.05) is 6.61 Å². The molecule has 1 rings (SSSR count). The molecule has 0 spiro atoms. The van der Waals surface area contributed by atoms with Crippen LogP contribution in [-0.2, 0) is 4.74 Å². The van der Waals surface area contributed by atoms with Crippen LogP contribution in [0.5, 0.6) is 0 Å². The molecule has 1 saturated carbocycles. The molecule has 4 atom stereocenters. The minimum absolute atomic E-state index is 0.116. The van der Waals surface area contributed by atoms with Crippen molar-refractivity contribution < 1.29 is 18.6 Å². The van der Waals surface area contributed by atoms with Crippen LogP contribution in [0.1, 0.15) is 19.8 Å². The van der Waals surface area contributed by atoms with Crippen molar-refractivity contribution in [3.05, 3.63) is 12.2 Å². The Morgan fingerprint density at radius 1 is 1.43 bits per heavy atom. The van der Waals surface area contributed by atoms with E-state index in [0.717, 1.165) is 0 Å². The summed E-state index contributed by atoms with van der Waals surface area (Å²) in [6.07, 6.45) is -0.183. The normalized spacial score (nSPS) is 35.3.